The summed E-state index contributed by atoms with van der Waals surface area (Å²) in [4.78, 5) is 31.9. The van der Waals surface area contributed by atoms with Crippen LogP contribution in [0.2, 0.25) is 10.0 Å². The van der Waals surface area contributed by atoms with Crippen LogP contribution in [0.1, 0.15) is 62.5 Å². The summed E-state index contributed by atoms with van der Waals surface area (Å²) in [5.41, 5.74) is 3.51. The average Bonchev–Trinajstić information content (AvgIpc) is 3.30. The number of unbranched alkanes of at least 4 members (excludes halogenated alkanes) is 1. The van der Waals surface area contributed by atoms with Gasteiger partial charge in [0, 0.05) is 45.4 Å². The summed E-state index contributed by atoms with van der Waals surface area (Å²) < 4.78 is 16.7. The lowest BCUT2D eigenvalue weighted by atomic mass is 9.69. The Morgan fingerprint density at radius 3 is 2.56 bits per heavy atom. The van der Waals surface area contributed by atoms with Crippen LogP contribution in [0.15, 0.2) is 52.7 Å². The van der Waals surface area contributed by atoms with Gasteiger partial charge >= 0.3 is 5.97 Å². The molecule has 0 N–H and O–H groups in total. The predicted octanol–water partition coefficient (Wildman–Crippen LogP) is 6.64. The highest BCUT2D eigenvalue weighted by Gasteiger charge is 2.46. The quantitative estimate of drug-likeness (QED) is 0.311. The highest BCUT2D eigenvalue weighted by molar-refractivity contribution is 6.32. The summed E-state index contributed by atoms with van der Waals surface area (Å²) in [6.07, 6.45) is 2.56. The van der Waals surface area contributed by atoms with E-state index in [1.54, 1.807) is 12.1 Å². The number of carbonyl (C=O) groups excluding carboxylic acids is 2. The number of hydrogen-bond acceptors (Lipinski definition) is 6. The summed E-state index contributed by atoms with van der Waals surface area (Å²) >= 11 is 12.8. The van der Waals surface area contributed by atoms with Gasteiger partial charge in [-0.3, -0.25) is 14.6 Å². The van der Waals surface area contributed by atoms with Crippen LogP contribution in [0.3, 0.4) is 0 Å². The Bertz CT molecular complexity index is 1270. The van der Waals surface area contributed by atoms with E-state index in [4.69, 9.17) is 42.4 Å². The SMILES string of the molecule is CCCCOC(=O)C1C(C)=NC2=C(C(=O)C[C@@H](c3ccc(Cl)cc3)C2)[C@@H]1c1cc2c(cc1Cl)OCO2. The van der Waals surface area contributed by atoms with E-state index < -0.39 is 17.8 Å². The fraction of sp³-hybridized carbons (Fsp3) is 0.393. The number of halogens is 2. The molecule has 0 fully saturated rings. The van der Waals surface area contributed by atoms with Crippen LogP contribution < -0.4 is 9.47 Å². The van der Waals surface area contributed by atoms with E-state index in [1.165, 1.54) is 0 Å². The van der Waals surface area contributed by atoms with Crippen LogP contribution in [-0.2, 0) is 14.3 Å². The van der Waals surface area contributed by atoms with Crippen LogP contribution in [0.25, 0.3) is 0 Å². The van der Waals surface area contributed by atoms with E-state index in [0.717, 1.165) is 18.4 Å². The van der Waals surface area contributed by atoms with Crippen LogP contribution in [0.4, 0.5) is 0 Å². The first kappa shape index (κ1) is 24.8. The standard InChI is InChI=1S/C28H27Cl2NO5/c1-3-4-9-34-28(33)25-15(2)31-21-10-17(16-5-7-18(29)8-6-16)11-22(32)27(21)26(25)19-12-23-24(13-20(19)30)36-14-35-23/h5-8,12-13,17,25-26H,3-4,9-11,14H2,1-2H3/t17-,25?,26+/m0/s1. The molecule has 5 rings (SSSR count). The molecule has 0 bridgehead atoms. The predicted molar refractivity (Wildman–Crippen MR) is 138 cm³/mol. The first-order valence-corrected chi connectivity index (χ1v) is 13.0. The summed E-state index contributed by atoms with van der Waals surface area (Å²) in [6.45, 7) is 4.27. The van der Waals surface area contributed by atoms with E-state index in [9.17, 15) is 9.59 Å². The maximum atomic E-state index is 13.7. The van der Waals surface area contributed by atoms with Gasteiger partial charge in [0.2, 0.25) is 6.79 Å². The molecule has 2 heterocycles. The molecule has 1 unspecified atom stereocenters. The minimum atomic E-state index is -0.755. The van der Waals surface area contributed by atoms with E-state index in [1.807, 2.05) is 38.1 Å². The fourth-order valence-electron chi connectivity index (χ4n) is 5.25. The molecule has 0 amide bonds. The lowest BCUT2D eigenvalue weighted by molar-refractivity contribution is -0.146. The maximum Gasteiger partial charge on any atom is 0.315 e. The normalized spacial score (nSPS) is 22.8. The molecule has 8 heteroatoms. The topological polar surface area (TPSA) is 74.2 Å². The molecule has 0 saturated carbocycles. The third-order valence-corrected chi connectivity index (χ3v) is 7.63. The molecule has 36 heavy (non-hydrogen) atoms. The lowest BCUT2D eigenvalue weighted by Crippen LogP contribution is -2.38. The van der Waals surface area contributed by atoms with Gasteiger partial charge in [-0.2, -0.15) is 0 Å². The fourth-order valence-corrected chi connectivity index (χ4v) is 5.65. The lowest BCUT2D eigenvalue weighted by Gasteiger charge is -2.37. The van der Waals surface area contributed by atoms with Gasteiger partial charge < -0.3 is 14.2 Å². The number of allylic oxidation sites excluding steroid dienone is 2. The van der Waals surface area contributed by atoms with Crippen molar-refractivity contribution >= 4 is 40.7 Å². The van der Waals surface area contributed by atoms with Crippen molar-refractivity contribution in [3.05, 3.63) is 68.8 Å². The Balaban J connectivity index is 1.58. The number of benzene rings is 2. The van der Waals surface area contributed by atoms with Gasteiger partial charge in [0.25, 0.3) is 0 Å². The van der Waals surface area contributed by atoms with E-state index in [0.29, 0.717) is 63.5 Å². The van der Waals surface area contributed by atoms with Crippen molar-refractivity contribution in [3.63, 3.8) is 0 Å². The molecule has 3 aliphatic rings. The zero-order chi connectivity index (χ0) is 25.4. The van der Waals surface area contributed by atoms with Crippen molar-refractivity contribution in [1.82, 2.24) is 0 Å². The Labute approximate surface area is 220 Å². The number of aliphatic imine (C=N–C) groups is 1. The minimum Gasteiger partial charge on any atom is -0.465 e. The summed E-state index contributed by atoms with van der Waals surface area (Å²) in [7, 11) is 0. The smallest absolute Gasteiger partial charge is 0.315 e. The third-order valence-electron chi connectivity index (χ3n) is 7.05. The van der Waals surface area contributed by atoms with Gasteiger partial charge in [0.1, 0.15) is 5.92 Å². The molecule has 1 aliphatic carbocycles. The number of esters is 1. The van der Waals surface area contributed by atoms with Crippen molar-refractivity contribution in [2.75, 3.05) is 13.4 Å². The van der Waals surface area contributed by atoms with Crippen LogP contribution in [0.5, 0.6) is 11.5 Å². The summed E-state index contributed by atoms with van der Waals surface area (Å²) in [5, 5.41) is 1.05. The number of ketones is 1. The zero-order valence-electron chi connectivity index (χ0n) is 20.2. The number of carbonyl (C=O) groups is 2. The van der Waals surface area contributed by atoms with Gasteiger partial charge in [-0.05, 0) is 55.0 Å². The largest absolute Gasteiger partial charge is 0.465 e. The van der Waals surface area contributed by atoms with E-state index in [2.05, 4.69) is 0 Å². The maximum absolute atomic E-state index is 13.7. The van der Waals surface area contributed by atoms with Crippen molar-refractivity contribution in [2.45, 2.75) is 51.4 Å². The first-order chi connectivity index (χ1) is 17.4. The second-order valence-corrected chi connectivity index (χ2v) is 10.2. The second kappa shape index (κ2) is 10.3. The molecule has 2 aromatic rings. The van der Waals surface area contributed by atoms with Crippen molar-refractivity contribution < 1.29 is 23.8 Å². The van der Waals surface area contributed by atoms with Gasteiger partial charge in [0.15, 0.2) is 17.3 Å². The molecular formula is C28H27Cl2NO5. The van der Waals surface area contributed by atoms with Crippen LogP contribution >= 0.6 is 23.2 Å². The minimum absolute atomic E-state index is 0.0222. The highest BCUT2D eigenvalue weighted by atomic mass is 35.5. The molecular weight excluding hydrogens is 501 g/mol. The number of hydrogen-bond donors (Lipinski definition) is 0. The number of nitrogens with zero attached hydrogens (tertiary/aromatic N) is 1. The number of ether oxygens (including phenoxy) is 3. The Morgan fingerprint density at radius 1 is 1.11 bits per heavy atom. The van der Waals surface area contributed by atoms with Gasteiger partial charge in [-0.15, -0.1) is 0 Å². The molecule has 2 aliphatic heterocycles. The average molecular weight is 528 g/mol. The molecule has 2 aromatic carbocycles. The number of fused-ring (bicyclic) bond motifs is 1. The van der Waals surface area contributed by atoms with Crippen LogP contribution in [0, 0.1) is 5.92 Å². The molecule has 0 saturated heterocycles. The first-order valence-electron chi connectivity index (χ1n) is 12.2. The third kappa shape index (κ3) is 4.64. The second-order valence-electron chi connectivity index (χ2n) is 9.40. The molecule has 3 atom stereocenters. The summed E-state index contributed by atoms with van der Waals surface area (Å²) in [5.74, 6) is -0.760. The molecule has 0 spiro atoms. The van der Waals surface area contributed by atoms with Crippen molar-refractivity contribution in [3.8, 4) is 11.5 Å². The van der Waals surface area contributed by atoms with Gasteiger partial charge in [0.05, 0.1) is 6.61 Å². The van der Waals surface area contributed by atoms with Crippen LogP contribution in [-0.4, -0.2) is 30.9 Å². The number of rotatable bonds is 6. The molecule has 0 radical (unpaired) electrons. The van der Waals surface area contributed by atoms with E-state index in [-0.39, 0.29) is 18.5 Å². The molecule has 0 aromatic heterocycles. The molecule has 188 valence electrons. The Kier molecular flexibility index (Phi) is 7.09. The number of Topliss-reactive ketones (excluding diaryl/α,β-unsaturated/α-hetero) is 1. The Hall–Kier alpha value is -2.83. The summed E-state index contributed by atoms with van der Waals surface area (Å²) in [6, 6.07) is 11.0. The highest BCUT2D eigenvalue weighted by Crippen LogP contribution is 2.50. The van der Waals surface area contributed by atoms with Crippen molar-refractivity contribution in [2.24, 2.45) is 10.9 Å². The van der Waals surface area contributed by atoms with Gasteiger partial charge in [-0.25, -0.2) is 0 Å². The molecule has 6 nitrogen and oxygen atoms in total. The van der Waals surface area contributed by atoms with E-state index >= 15 is 0 Å². The zero-order valence-corrected chi connectivity index (χ0v) is 21.7. The van der Waals surface area contributed by atoms with Gasteiger partial charge in [-0.1, -0.05) is 48.7 Å². The monoisotopic (exact) mass is 527 g/mol. The van der Waals surface area contributed by atoms with Crippen molar-refractivity contribution in [1.29, 1.82) is 0 Å². The Morgan fingerprint density at radius 2 is 1.83 bits per heavy atom.